The maximum atomic E-state index is 5.69. The van der Waals surface area contributed by atoms with Crippen molar-refractivity contribution in [1.82, 2.24) is 9.88 Å². The van der Waals surface area contributed by atoms with Gasteiger partial charge in [0, 0.05) is 22.8 Å². The van der Waals surface area contributed by atoms with Gasteiger partial charge in [-0.15, -0.1) is 0 Å². The van der Waals surface area contributed by atoms with Crippen LogP contribution in [0, 0.1) is 0 Å². The van der Waals surface area contributed by atoms with E-state index in [0.29, 0.717) is 5.75 Å². The summed E-state index contributed by atoms with van der Waals surface area (Å²) in [5.74, 6) is 2.99. The molecule has 2 aliphatic heterocycles. The number of nitrogens with zero attached hydrogens (tertiary/aromatic N) is 2. The Bertz CT molecular complexity index is 767. The molecule has 0 aliphatic carbocycles. The van der Waals surface area contributed by atoms with Gasteiger partial charge in [-0.1, -0.05) is 0 Å². The third-order valence-corrected chi connectivity index (χ3v) is 4.88. The Labute approximate surface area is 148 Å². The second-order valence-electron chi connectivity index (χ2n) is 5.86. The molecule has 126 valence electrons. The number of pyridine rings is 1. The fourth-order valence-electron chi connectivity index (χ4n) is 3.22. The monoisotopic (exact) mass is 391 g/mol. The molecule has 7 heteroatoms. The molecule has 3 heterocycles. The lowest BCUT2D eigenvalue weighted by Crippen LogP contribution is -2.37. The van der Waals surface area contributed by atoms with Crippen molar-refractivity contribution in [2.45, 2.75) is 12.6 Å². The third kappa shape index (κ3) is 2.57. The number of hydrogen-bond donors (Lipinski definition) is 1. The number of likely N-dealkylation sites (N-methyl/N-ethyl adjacent to an activating group) is 1. The van der Waals surface area contributed by atoms with Gasteiger partial charge in [0.25, 0.3) is 0 Å². The molecule has 1 N–H and O–H groups in total. The number of benzene rings is 1. The topological polar surface area (TPSA) is 55.9 Å². The predicted molar refractivity (Wildman–Crippen MR) is 93.8 cm³/mol. The molecule has 2 aromatic rings. The molecule has 4 rings (SSSR count). The minimum absolute atomic E-state index is 0.0492. The van der Waals surface area contributed by atoms with Crippen LogP contribution in [0.3, 0.4) is 0 Å². The summed E-state index contributed by atoms with van der Waals surface area (Å²) in [4.78, 5) is 6.67. The van der Waals surface area contributed by atoms with Gasteiger partial charge >= 0.3 is 0 Å². The zero-order valence-corrected chi connectivity index (χ0v) is 15.1. The van der Waals surface area contributed by atoms with Crippen LogP contribution in [0.5, 0.6) is 17.2 Å². The van der Waals surface area contributed by atoms with Gasteiger partial charge in [0.15, 0.2) is 11.5 Å². The number of aromatic nitrogens is 1. The van der Waals surface area contributed by atoms with Gasteiger partial charge < -0.3 is 19.5 Å². The molecule has 1 aromatic carbocycles. The second-order valence-corrected chi connectivity index (χ2v) is 6.77. The van der Waals surface area contributed by atoms with Gasteiger partial charge in [-0.05, 0) is 53.2 Å². The first-order valence-electron chi connectivity index (χ1n) is 7.75. The molecule has 1 aromatic heterocycles. The quantitative estimate of drug-likeness (QED) is 0.866. The number of anilines is 1. The largest absolute Gasteiger partial charge is 0.492 e. The minimum atomic E-state index is -0.0492. The Morgan fingerprint density at radius 2 is 2.25 bits per heavy atom. The van der Waals surface area contributed by atoms with E-state index >= 15 is 0 Å². The fraction of sp³-hybridized carbons (Fsp3) is 0.353. The average Bonchev–Trinajstić information content (AvgIpc) is 3.05. The van der Waals surface area contributed by atoms with Crippen molar-refractivity contribution in [2.75, 3.05) is 32.8 Å². The Kier molecular flexibility index (Phi) is 3.97. The maximum Gasteiger partial charge on any atom is 0.231 e. The average molecular weight is 392 g/mol. The van der Waals surface area contributed by atoms with Gasteiger partial charge in [-0.3, -0.25) is 4.90 Å². The molecule has 0 bridgehead atoms. The SMILES string of the molecule is COc1c2c(cc3c1[C@H](Nc1ccc(Br)cn1)N(C)CC3)OCO2. The molecular formula is C17H18BrN3O3. The summed E-state index contributed by atoms with van der Waals surface area (Å²) in [6.45, 7) is 1.17. The summed E-state index contributed by atoms with van der Waals surface area (Å²) in [7, 11) is 3.75. The Morgan fingerprint density at radius 1 is 1.38 bits per heavy atom. The molecule has 0 radical (unpaired) electrons. The highest BCUT2D eigenvalue weighted by Gasteiger charge is 2.34. The Hall–Kier alpha value is -1.99. The van der Waals surface area contributed by atoms with E-state index in [0.717, 1.165) is 40.3 Å². The van der Waals surface area contributed by atoms with E-state index in [1.807, 2.05) is 12.1 Å². The van der Waals surface area contributed by atoms with Crippen LogP contribution in [0.25, 0.3) is 0 Å². The summed E-state index contributed by atoms with van der Waals surface area (Å²) in [6, 6.07) is 5.98. The zero-order chi connectivity index (χ0) is 16.7. The second kappa shape index (κ2) is 6.14. The van der Waals surface area contributed by atoms with Crippen molar-refractivity contribution >= 4 is 21.7 Å². The van der Waals surface area contributed by atoms with Gasteiger partial charge in [-0.25, -0.2) is 4.98 Å². The fourth-order valence-corrected chi connectivity index (χ4v) is 3.45. The van der Waals surface area contributed by atoms with Crippen LogP contribution in [0.1, 0.15) is 17.3 Å². The number of hydrogen-bond acceptors (Lipinski definition) is 6. The lowest BCUT2D eigenvalue weighted by molar-refractivity contribution is 0.170. The van der Waals surface area contributed by atoms with Crippen molar-refractivity contribution in [3.8, 4) is 17.2 Å². The van der Waals surface area contributed by atoms with E-state index in [1.54, 1.807) is 13.3 Å². The molecule has 2 aliphatic rings. The standard InChI is InChI=1S/C17H18BrN3O3/c1-21-6-5-10-7-12-15(24-9-23-12)16(22-2)14(10)17(21)20-13-4-3-11(18)8-19-13/h3-4,7-8,17H,5-6,9H2,1-2H3,(H,19,20)/t17-/m1/s1. The number of ether oxygens (including phenoxy) is 3. The van der Waals surface area contributed by atoms with Gasteiger partial charge in [-0.2, -0.15) is 0 Å². The van der Waals surface area contributed by atoms with Crippen LogP contribution in [-0.4, -0.2) is 37.4 Å². The molecule has 0 unspecified atom stereocenters. The molecule has 0 amide bonds. The zero-order valence-electron chi connectivity index (χ0n) is 13.5. The van der Waals surface area contributed by atoms with Crippen molar-refractivity contribution in [3.63, 3.8) is 0 Å². The Morgan fingerprint density at radius 3 is 3.00 bits per heavy atom. The molecule has 24 heavy (non-hydrogen) atoms. The first-order valence-corrected chi connectivity index (χ1v) is 8.54. The number of halogens is 1. The minimum Gasteiger partial charge on any atom is -0.492 e. The maximum absolute atomic E-state index is 5.69. The van der Waals surface area contributed by atoms with E-state index in [4.69, 9.17) is 14.2 Å². The van der Waals surface area contributed by atoms with E-state index in [1.165, 1.54) is 5.56 Å². The van der Waals surface area contributed by atoms with Crippen LogP contribution >= 0.6 is 15.9 Å². The molecule has 6 nitrogen and oxygen atoms in total. The number of rotatable bonds is 3. The third-order valence-electron chi connectivity index (χ3n) is 4.41. The summed E-state index contributed by atoms with van der Waals surface area (Å²) in [5.41, 5.74) is 2.30. The van der Waals surface area contributed by atoms with Crippen LogP contribution < -0.4 is 19.5 Å². The summed E-state index contributed by atoms with van der Waals surface area (Å²) in [6.07, 6.45) is 2.67. The van der Waals surface area contributed by atoms with Gasteiger partial charge in [0.1, 0.15) is 12.0 Å². The number of methoxy groups -OCH3 is 1. The predicted octanol–water partition coefficient (Wildman–Crippen LogP) is 3.18. The van der Waals surface area contributed by atoms with Crippen LogP contribution in [-0.2, 0) is 6.42 Å². The molecular weight excluding hydrogens is 374 g/mol. The molecule has 0 saturated heterocycles. The summed E-state index contributed by atoms with van der Waals surface area (Å²) < 4.78 is 17.8. The van der Waals surface area contributed by atoms with Gasteiger partial charge in [0.2, 0.25) is 12.5 Å². The lowest BCUT2D eigenvalue weighted by atomic mass is 9.95. The highest BCUT2D eigenvalue weighted by atomic mass is 79.9. The molecule has 0 spiro atoms. The van der Waals surface area contributed by atoms with Crippen molar-refractivity contribution in [3.05, 3.63) is 40.0 Å². The first-order chi connectivity index (χ1) is 11.7. The molecule has 0 fully saturated rings. The highest BCUT2D eigenvalue weighted by Crippen LogP contribution is 2.49. The van der Waals surface area contributed by atoms with Crippen molar-refractivity contribution in [2.24, 2.45) is 0 Å². The van der Waals surface area contributed by atoms with E-state index < -0.39 is 0 Å². The summed E-state index contributed by atoms with van der Waals surface area (Å²) in [5, 5.41) is 3.50. The van der Waals surface area contributed by atoms with Crippen LogP contribution in [0.2, 0.25) is 0 Å². The first kappa shape index (κ1) is 15.5. The number of fused-ring (bicyclic) bond motifs is 2. The molecule has 1 atom stereocenters. The van der Waals surface area contributed by atoms with Crippen molar-refractivity contribution < 1.29 is 14.2 Å². The highest BCUT2D eigenvalue weighted by molar-refractivity contribution is 9.10. The Balaban J connectivity index is 1.78. The molecule has 0 saturated carbocycles. The van der Waals surface area contributed by atoms with Crippen LogP contribution in [0.4, 0.5) is 5.82 Å². The van der Waals surface area contributed by atoms with E-state index in [9.17, 15) is 0 Å². The van der Waals surface area contributed by atoms with E-state index in [-0.39, 0.29) is 13.0 Å². The van der Waals surface area contributed by atoms with Gasteiger partial charge in [0.05, 0.1) is 7.11 Å². The summed E-state index contributed by atoms with van der Waals surface area (Å²) >= 11 is 3.41. The van der Waals surface area contributed by atoms with Crippen LogP contribution in [0.15, 0.2) is 28.9 Å². The number of nitrogens with one attached hydrogen (secondary N) is 1. The smallest absolute Gasteiger partial charge is 0.231 e. The van der Waals surface area contributed by atoms with Crippen molar-refractivity contribution in [1.29, 1.82) is 0 Å². The lowest BCUT2D eigenvalue weighted by Gasteiger charge is -2.36. The normalized spacial score (nSPS) is 19.0. The van der Waals surface area contributed by atoms with E-state index in [2.05, 4.69) is 44.2 Å².